The van der Waals surface area contributed by atoms with Crippen LogP contribution in [0.25, 0.3) is 10.9 Å². The molecule has 1 amide bonds. The monoisotopic (exact) mass is 458 g/mol. The van der Waals surface area contributed by atoms with E-state index in [1.807, 2.05) is 53.4 Å². The molecule has 8 heteroatoms. The molecule has 4 aromatic rings. The van der Waals surface area contributed by atoms with E-state index in [1.54, 1.807) is 13.3 Å². The summed E-state index contributed by atoms with van der Waals surface area (Å²) >= 11 is 0. The van der Waals surface area contributed by atoms with Crippen molar-refractivity contribution in [3.63, 3.8) is 0 Å². The van der Waals surface area contributed by atoms with Gasteiger partial charge in [0.25, 0.3) is 5.91 Å². The summed E-state index contributed by atoms with van der Waals surface area (Å²) in [5.74, 6) is 2.68. The maximum atomic E-state index is 12.9. The van der Waals surface area contributed by atoms with Crippen LogP contribution in [0.3, 0.4) is 0 Å². The zero-order valence-corrected chi connectivity index (χ0v) is 19.0. The minimum atomic E-state index is -0.0757. The molecule has 174 valence electrons. The molecule has 1 saturated heterocycles. The molecule has 1 aliphatic rings. The van der Waals surface area contributed by atoms with E-state index in [-0.39, 0.29) is 18.4 Å². The molecule has 0 bridgehead atoms. The van der Waals surface area contributed by atoms with Crippen molar-refractivity contribution >= 4 is 16.8 Å². The van der Waals surface area contributed by atoms with E-state index in [9.17, 15) is 4.79 Å². The second-order valence-electron chi connectivity index (χ2n) is 8.32. The largest absolute Gasteiger partial charge is 0.496 e. The Bertz CT molecular complexity index is 1280. The summed E-state index contributed by atoms with van der Waals surface area (Å²) in [6.45, 7) is 1.18. The number of hydrogen-bond donors (Lipinski definition) is 0. The normalized spacial score (nSPS) is 15.9. The van der Waals surface area contributed by atoms with E-state index >= 15 is 0 Å². The van der Waals surface area contributed by atoms with Gasteiger partial charge < -0.3 is 18.8 Å². The first-order valence-corrected chi connectivity index (χ1v) is 11.4. The van der Waals surface area contributed by atoms with Gasteiger partial charge in [0.05, 0.1) is 30.1 Å². The molecule has 0 unspecified atom stereocenters. The molecular formula is C26H26N4O4. The van der Waals surface area contributed by atoms with Gasteiger partial charge in [-0.25, -0.2) is 15.0 Å². The fraction of sp³-hybridized carbons (Fsp3) is 0.308. The minimum absolute atomic E-state index is 0.0593. The topological polar surface area (TPSA) is 90.6 Å². The number of ether oxygens (including phenoxy) is 2. The maximum Gasteiger partial charge on any atom is 0.260 e. The van der Waals surface area contributed by atoms with Gasteiger partial charge in [0.15, 0.2) is 12.5 Å². The van der Waals surface area contributed by atoms with Gasteiger partial charge in [-0.05, 0) is 31.0 Å². The van der Waals surface area contributed by atoms with Crippen LogP contribution < -0.4 is 9.47 Å². The van der Waals surface area contributed by atoms with Crippen molar-refractivity contribution in [2.45, 2.75) is 25.2 Å². The molecule has 0 N–H and O–H groups in total. The van der Waals surface area contributed by atoms with Gasteiger partial charge in [0.2, 0.25) is 5.88 Å². The maximum absolute atomic E-state index is 12.9. The highest BCUT2D eigenvalue weighted by Gasteiger charge is 2.28. The van der Waals surface area contributed by atoms with Gasteiger partial charge in [-0.2, -0.15) is 0 Å². The van der Waals surface area contributed by atoms with Crippen molar-refractivity contribution in [3.05, 3.63) is 78.3 Å². The van der Waals surface area contributed by atoms with Crippen molar-refractivity contribution in [1.29, 1.82) is 0 Å². The van der Waals surface area contributed by atoms with Gasteiger partial charge in [-0.3, -0.25) is 4.79 Å². The van der Waals surface area contributed by atoms with Crippen molar-refractivity contribution in [2.75, 3.05) is 26.8 Å². The minimum Gasteiger partial charge on any atom is -0.496 e. The van der Waals surface area contributed by atoms with Gasteiger partial charge in [0.1, 0.15) is 17.8 Å². The van der Waals surface area contributed by atoms with E-state index in [1.165, 1.54) is 6.33 Å². The summed E-state index contributed by atoms with van der Waals surface area (Å²) in [6.07, 6.45) is 5.64. The molecule has 0 spiro atoms. The molecule has 1 aliphatic heterocycles. The van der Waals surface area contributed by atoms with Gasteiger partial charge in [-0.15, -0.1) is 0 Å². The molecule has 2 aromatic carbocycles. The standard InChI is InChI=1S/C26H26N4O4/c1-32-23-11-5-2-7-18(23)13-20-14-27-25(34-20)19-8-6-12-30(15-19)24(31)16-33-26-21-9-3-4-10-22(21)28-17-29-26/h2-5,7,9-11,14,17,19H,6,8,12-13,15-16H2,1H3/t19-/m0/s1. The number of para-hydroxylation sites is 2. The first-order valence-electron chi connectivity index (χ1n) is 11.4. The Morgan fingerprint density at radius 3 is 2.88 bits per heavy atom. The number of aromatic nitrogens is 3. The predicted molar refractivity (Wildman–Crippen MR) is 126 cm³/mol. The van der Waals surface area contributed by atoms with Crippen molar-refractivity contribution in [2.24, 2.45) is 0 Å². The highest BCUT2D eigenvalue weighted by molar-refractivity contribution is 5.84. The van der Waals surface area contributed by atoms with E-state index in [0.29, 0.717) is 31.3 Å². The Balaban J connectivity index is 1.21. The number of oxazole rings is 1. The lowest BCUT2D eigenvalue weighted by molar-refractivity contribution is -0.134. The summed E-state index contributed by atoms with van der Waals surface area (Å²) in [6, 6.07) is 15.4. The first-order chi connectivity index (χ1) is 16.7. The number of benzene rings is 2. The summed E-state index contributed by atoms with van der Waals surface area (Å²) < 4.78 is 17.3. The number of nitrogens with zero attached hydrogens (tertiary/aromatic N) is 4. The van der Waals surface area contributed by atoms with Crippen LogP contribution in [0.2, 0.25) is 0 Å². The van der Waals surface area contributed by atoms with Crippen LogP contribution in [-0.4, -0.2) is 52.6 Å². The molecule has 1 fully saturated rings. The molecule has 34 heavy (non-hydrogen) atoms. The van der Waals surface area contributed by atoms with E-state index in [2.05, 4.69) is 15.0 Å². The lowest BCUT2D eigenvalue weighted by atomic mass is 9.98. The average molecular weight is 459 g/mol. The van der Waals surface area contributed by atoms with Gasteiger partial charge >= 0.3 is 0 Å². The zero-order chi connectivity index (χ0) is 23.3. The van der Waals surface area contributed by atoms with Crippen molar-refractivity contribution < 1.29 is 18.7 Å². The first kappa shape index (κ1) is 21.9. The van der Waals surface area contributed by atoms with Crippen LogP contribution in [0.4, 0.5) is 0 Å². The van der Waals surface area contributed by atoms with Crippen molar-refractivity contribution in [3.8, 4) is 11.6 Å². The molecule has 8 nitrogen and oxygen atoms in total. The van der Waals surface area contributed by atoms with Gasteiger partial charge in [-0.1, -0.05) is 30.3 Å². The fourth-order valence-electron chi connectivity index (χ4n) is 4.35. The lowest BCUT2D eigenvalue weighted by Gasteiger charge is -2.31. The molecule has 0 radical (unpaired) electrons. The Kier molecular flexibility index (Phi) is 6.38. The molecule has 1 atom stereocenters. The molecule has 5 rings (SSSR count). The van der Waals surface area contributed by atoms with Crippen LogP contribution in [0, 0.1) is 0 Å². The number of piperidine rings is 1. The van der Waals surface area contributed by atoms with E-state index < -0.39 is 0 Å². The number of hydrogen-bond acceptors (Lipinski definition) is 7. The average Bonchev–Trinajstić information content (AvgIpc) is 3.36. The third kappa shape index (κ3) is 4.71. The Morgan fingerprint density at radius 2 is 1.97 bits per heavy atom. The number of rotatable bonds is 7. The highest BCUT2D eigenvalue weighted by Crippen LogP contribution is 2.29. The lowest BCUT2D eigenvalue weighted by Crippen LogP contribution is -2.41. The van der Waals surface area contributed by atoms with Gasteiger partial charge in [0, 0.05) is 25.1 Å². The SMILES string of the molecule is COc1ccccc1Cc1cnc([C@H]2CCCN(C(=O)COc3ncnc4ccccc34)C2)o1. The number of fused-ring (bicyclic) bond motifs is 1. The predicted octanol–water partition coefficient (Wildman–Crippen LogP) is 4.00. The molecule has 0 saturated carbocycles. The second-order valence-corrected chi connectivity index (χ2v) is 8.32. The molecule has 3 heterocycles. The number of amides is 1. The third-order valence-corrected chi connectivity index (χ3v) is 6.09. The quantitative estimate of drug-likeness (QED) is 0.413. The fourth-order valence-corrected chi connectivity index (χ4v) is 4.35. The third-order valence-electron chi connectivity index (χ3n) is 6.09. The number of carbonyl (C=O) groups excluding carboxylic acids is 1. The number of likely N-dealkylation sites (tertiary alicyclic amines) is 1. The van der Waals surface area contributed by atoms with Crippen LogP contribution in [0.15, 0.2) is 65.5 Å². The molecule has 0 aliphatic carbocycles. The number of methoxy groups -OCH3 is 1. The van der Waals surface area contributed by atoms with E-state index in [0.717, 1.165) is 40.8 Å². The van der Waals surface area contributed by atoms with Crippen LogP contribution >= 0.6 is 0 Å². The van der Waals surface area contributed by atoms with Crippen LogP contribution in [-0.2, 0) is 11.2 Å². The smallest absolute Gasteiger partial charge is 0.260 e. The summed E-state index contributed by atoms with van der Waals surface area (Å²) in [4.78, 5) is 27.7. The summed E-state index contributed by atoms with van der Waals surface area (Å²) in [5, 5.41) is 0.789. The Labute approximate surface area is 197 Å². The summed E-state index contributed by atoms with van der Waals surface area (Å²) in [7, 11) is 1.66. The highest BCUT2D eigenvalue weighted by atomic mass is 16.5. The second kappa shape index (κ2) is 9.91. The number of carbonyl (C=O) groups is 1. The van der Waals surface area contributed by atoms with Crippen molar-refractivity contribution in [1.82, 2.24) is 19.9 Å². The summed E-state index contributed by atoms with van der Waals surface area (Å²) in [5.41, 5.74) is 1.83. The zero-order valence-electron chi connectivity index (χ0n) is 19.0. The van der Waals surface area contributed by atoms with Crippen LogP contribution in [0.5, 0.6) is 11.6 Å². The molecule has 2 aromatic heterocycles. The molecular weight excluding hydrogens is 432 g/mol. The Morgan fingerprint density at radius 1 is 1.12 bits per heavy atom. The van der Waals surface area contributed by atoms with E-state index in [4.69, 9.17) is 13.9 Å². The Hall–Kier alpha value is -3.94. The van der Waals surface area contributed by atoms with Crippen LogP contribution in [0.1, 0.15) is 36.0 Å².